The van der Waals surface area contributed by atoms with Gasteiger partial charge in [-0.3, -0.25) is 9.68 Å². The van der Waals surface area contributed by atoms with Crippen LogP contribution in [0.4, 0.5) is 21.0 Å². The van der Waals surface area contributed by atoms with E-state index in [-0.39, 0.29) is 12.1 Å². The zero-order valence-electron chi connectivity index (χ0n) is 15.9. The Bertz CT molecular complexity index is 774. The monoisotopic (exact) mass is 428 g/mol. The van der Waals surface area contributed by atoms with E-state index in [9.17, 15) is 9.59 Å². The average Bonchev–Trinajstić information content (AvgIpc) is 2.68. The molecule has 152 valence electrons. The van der Waals surface area contributed by atoms with E-state index < -0.39 is 0 Å². The summed E-state index contributed by atoms with van der Waals surface area (Å²) in [4.78, 5) is 32.0. The standard InChI is InChI=1S/2C9H11ClN2O2/c1-12(14-2)9(13)11-8-5-3-7(10)4-6-8;1-12(14-2)9(13)11-8-5-3-4-7(10)6-8/h2*3-6H,1-2H3,(H,11,13). The van der Waals surface area contributed by atoms with Gasteiger partial charge in [-0.25, -0.2) is 19.7 Å². The maximum Gasteiger partial charge on any atom is 0.345 e. The highest BCUT2D eigenvalue weighted by molar-refractivity contribution is 6.31. The minimum atomic E-state index is -0.352. The molecule has 2 N–H and O–H groups in total. The molecule has 0 aliphatic heterocycles. The number of hydrogen-bond donors (Lipinski definition) is 2. The molecular weight excluding hydrogens is 407 g/mol. The summed E-state index contributed by atoms with van der Waals surface area (Å²) in [6, 6.07) is 13.0. The zero-order chi connectivity index (χ0) is 21.1. The van der Waals surface area contributed by atoms with Gasteiger partial charge in [0.05, 0.1) is 14.2 Å². The lowest BCUT2D eigenvalue weighted by molar-refractivity contribution is -0.0598. The van der Waals surface area contributed by atoms with Gasteiger partial charge < -0.3 is 10.6 Å². The van der Waals surface area contributed by atoms with Crippen molar-refractivity contribution in [2.75, 3.05) is 38.9 Å². The van der Waals surface area contributed by atoms with Crippen LogP contribution in [0, 0.1) is 0 Å². The van der Waals surface area contributed by atoms with Crippen molar-refractivity contribution in [2.45, 2.75) is 0 Å². The molecule has 8 nitrogen and oxygen atoms in total. The molecule has 10 heteroatoms. The van der Waals surface area contributed by atoms with Gasteiger partial charge in [0.1, 0.15) is 0 Å². The second kappa shape index (κ2) is 12.0. The smallest absolute Gasteiger partial charge is 0.306 e. The minimum Gasteiger partial charge on any atom is -0.306 e. The number of urea groups is 2. The van der Waals surface area contributed by atoms with E-state index in [0.29, 0.717) is 21.4 Å². The number of carbonyl (C=O) groups is 2. The van der Waals surface area contributed by atoms with Crippen LogP contribution in [0.1, 0.15) is 0 Å². The van der Waals surface area contributed by atoms with Crippen LogP contribution in [0.15, 0.2) is 48.5 Å². The number of halogens is 2. The van der Waals surface area contributed by atoms with Gasteiger partial charge in [-0.1, -0.05) is 29.3 Å². The van der Waals surface area contributed by atoms with Gasteiger partial charge in [-0.15, -0.1) is 0 Å². The first kappa shape index (κ1) is 23.5. The van der Waals surface area contributed by atoms with Crippen LogP contribution in [0.5, 0.6) is 0 Å². The van der Waals surface area contributed by atoms with E-state index in [0.717, 1.165) is 10.1 Å². The summed E-state index contributed by atoms with van der Waals surface area (Å²) in [6.07, 6.45) is 0. The number of anilines is 2. The van der Waals surface area contributed by atoms with Crippen molar-refractivity contribution in [3.05, 3.63) is 58.6 Å². The molecule has 0 fully saturated rings. The number of hydrogen-bond acceptors (Lipinski definition) is 4. The Morgan fingerprint density at radius 3 is 1.75 bits per heavy atom. The Kier molecular flexibility index (Phi) is 10.1. The number of hydroxylamine groups is 4. The summed E-state index contributed by atoms with van der Waals surface area (Å²) >= 11 is 11.4. The second-order valence-corrected chi connectivity index (χ2v) is 6.11. The molecule has 0 heterocycles. The van der Waals surface area contributed by atoms with Crippen molar-refractivity contribution >= 4 is 46.6 Å². The maximum absolute atomic E-state index is 11.3. The van der Waals surface area contributed by atoms with Crippen LogP contribution in [-0.2, 0) is 9.68 Å². The summed E-state index contributed by atoms with van der Waals surface area (Å²) in [5.74, 6) is 0. The van der Waals surface area contributed by atoms with Gasteiger partial charge in [0.25, 0.3) is 0 Å². The van der Waals surface area contributed by atoms with Crippen LogP contribution in [-0.4, -0.2) is 50.5 Å². The molecule has 0 bridgehead atoms. The summed E-state index contributed by atoms with van der Waals surface area (Å²) in [6.45, 7) is 0. The molecule has 28 heavy (non-hydrogen) atoms. The Labute approximate surface area is 173 Å². The summed E-state index contributed by atoms with van der Waals surface area (Å²) in [5.41, 5.74) is 1.30. The predicted molar refractivity (Wildman–Crippen MR) is 110 cm³/mol. The highest BCUT2D eigenvalue weighted by Gasteiger charge is 2.07. The van der Waals surface area contributed by atoms with Gasteiger partial charge in [0, 0.05) is 35.5 Å². The number of amides is 4. The maximum atomic E-state index is 11.3. The summed E-state index contributed by atoms with van der Waals surface area (Å²) in [5, 5.41) is 8.61. The fourth-order valence-electron chi connectivity index (χ4n) is 1.67. The van der Waals surface area contributed by atoms with Gasteiger partial charge in [0.15, 0.2) is 0 Å². The Morgan fingerprint density at radius 1 is 0.786 bits per heavy atom. The number of carbonyl (C=O) groups excluding carboxylic acids is 2. The molecule has 0 aliphatic rings. The average molecular weight is 429 g/mol. The topological polar surface area (TPSA) is 83.1 Å². The highest BCUT2D eigenvalue weighted by Crippen LogP contribution is 2.15. The van der Waals surface area contributed by atoms with E-state index in [2.05, 4.69) is 10.6 Å². The molecule has 2 aromatic carbocycles. The van der Waals surface area contributed by atoms with Crippen LogP contribution in [0.2, 0.25) is 10.0 Å². The van der Waals surface area contributed by atoms with Crippen LogP contribution < -0.4 is 10.6 Å². The first-order chi connectivity index (χ1) is 13.3. The number of rotatable bonds is 4. The minimum absolute atomic E-state index is 0.338. The highest BCUT2D eigenvalue weighted by atomic mass is 35.5. The van der Waals surface area contributed by atoms with E-state index in [1.807, 2.05) is 0 Å². The van der Waals surface area contributed by atoms with Crippen molar-refractivity contribution < 1.29 is 19.3 Å². The van der Waals surface area contributed by atoms with Crippen LogP contribution in [0.25, 0.3) is 0 Å². The molecule has 4 amide bonds. The van der Waals surface area contributed by atoms with Crippen LogP contribution >= 0.6 is 23.2 Å². The molecule has 0 atom stereocenters. The molecule has 2 aromatic rings. The summed E-state index contributed by atoms with van der Waals surface area (Å²) < 4.78 is 0. The van der Waals surface area contributed by atoms with Crippen molar-refractivity contribution in [3.8, 4) is 0 Å². The van der Waals surface area contributed by atoms with Crippen LogP contribution in [0.3, 0.4) is 0 Å². The Hall–Kier alpha value is -2.52. The first-order valence-electron chi connectivity index (χ1n) is 7.95. The molecule has 0 saturated heterocycles. The zero-order valence-corrected chi connectivity index (χ0v) is 17.4. The molecule has 0 aromatic heterocycles. The third-order valence-corrected chi connectivity index (χ3v) is 3.78. The fourth-order valence-corrected chi connectivity index (χ4v) is 1.99. The van der Waals surface area contributed by atoms with E-state index in [1.54, 1.807) is 48.5 Å². The third-order valence-electron chi connectivity index (χ3n) is 3.29. The molecular formula is C18H22Cl2N4O4. The normalized spacial score (nSPS) is 9.64. The lowest BCUT2D eigenvalue weighted by Gasteiger charge is -2.14. The molecule has 0 aliphatic carbocycles. The summed E-state index contributed by atoms with van der Waals surface area (Å²) in [7, 11) is 5.87. The van der Waals surface area contributed by atoms with Crippen molar-refractivity contribution in [1.82, 2.24) is 10.1 Å². The van der Waals surface area contributed by atoms with Gasteiger partial charge in [-0.05, 0) is 42.5 Å². The molecule has 0 saturated carbocycles. The lowest BCUT2D eigenvalue weighted by Crippen LogP contribution is -2.30. The molecule has 0 radical (unpaired) electrons. The quantitative estimate of drug-likeness (QED) is 0.689. The van der Waals surface area contributed by atoms with E-state index in [4.69, 9.17) is 32.9 Å². The molecule has 0 spiro atoms. The third kappa shape index (κ3) is 8.45. The Balaban J connectivity index is 0.000000280. The molecule has 0 unspecified atom stereocenters. The van der Waals surface area contributed by atoms with E-state index in [1.165, 1.54) is 28.3 Å². The predicted octanol–water partition coefficient (Wildman–Crippen LogP) is 4.73. The second-order valence-electron chi connectivity index (χ2n) is 5.24. The van der Waals surface area contributed by atoms with Crippen molar-refractivity contribution in [1.29, 1.82) is 0 Å². The first-order valence-corrected chi connectivity index (χ1v) is 8.71. The Morgan fingerprint density at radius 2 is 1.29 bits per heavy atom. The molecule has 2 rings (SSSR count). The SMILES string of the molecule is CON(C)C(=O)Nc1ccc(Cl)cc1.CON(C)C(=O)Nc1cccc(Cl)c1. The fraction of sp³-hybridized carbons (Fsp3) is 0.222. The largest absolute Gasteiger partial charge is 0.345 e. The number of benzene rings is 2. The number of nitrogens with one attached hydrogen (secondary N) is 2. The van der Waals surface area contributed by atoms with Crippen molar-refractivity contribution in [3.63, 3.8) is 0 Å². The number of nitrogens with zero attached hydrogens (tertiary/aromatic N) is 2. The van der Waals surface area contributed by atoms with E-state index >= 15 is 0 Å². The van der Waals surface area contributed by atoms with Crippen molar-refractivity contribution in [2.24, 2.45) is 0 Å². The van der Waals surface area contributed by atoms with Gasteiger partial charge >= 0.3 is 12.1 Å². The lowest BCUT2D eigenvalue weighted by atomic mass is 10.3. The van der Waals surface area contributed by atoms with Gasteiger partial charge in [-0.2, -0.15) is 0 Å². The van der Waals surface area contributed by atoms with Gasteiger partial charge in [0.2, 0.25) is 0 Å².